The SMILES string of the molecule is COc1cc(/C=N\NC(=O)COc2cc(C)ccc2C(C)C)cc(OC)c1. The molecule has 144 valence electrons. The summed E-state index contributed by atoms with van der Waals surface area (Å²) < 4.78 is 16.1. The smallest absolute Gasteiger partial charge is 0.277 e. The Balaban J connectivity index is 1.95. The van der Waals surface area contributed by atoms with Crippen LogP contribution < -0.4 is 19.6 Å². The van der Waals surface area contributed by atoms with Gasteiger partial charge in [-0.25, -0.2) is 5.43 Å². The highest BCUT2D eigenvalue weighted by molar-refractivity contribution is 5.83. The van der Waals surface area contributed by atoms with Crippen molar-refractivity contribution in [3.8, 4) is 17.2 Å². The van der Waals surface area contributed by atoms with Gasteiger partial charge in [-0.1, -0.05) is 26.0 Å². The molecular formula is C21H26N2O4. The Labute approximate surface area is 160 Å². The van der Waals surface area contributed by atoms with Crippen molar-refractivity contribution in [2.45, 2.75) is 26.7 Å². The minimum absolute atomic E-state index is 0.109. The summed E-state index contributed by atoms with van der Waals surface area (Å²) in [5.74, 6) is 1.99. The van der Waals surface area contributed by atoms with Crippen molar-refractivity contribution in [2.75, 3.05) is 20.8 Å². The molecule has 0 heterocycles. The molecule has 0 aliphatic carbocycles. The number of carbonyl (C=O) groups excluding carboxylic acids is 1. The van der Waals surface area contributed by atoms with Gasteiger partial charge in [-0.2, -0.15) is 5.10 Å². The van der Waals surface area contributed by atoms with Crippen molar-refractivity contribution in [1.82, 2.24) is 5.43 Å². The van der Waals surface area contributed by atoms with Gasteiger partial charge in [-0.15, -0.1) is 0 Å². The van der Waals surface area contributed by atoms with Gasteiger partial charge in [0.1, 0.15) is 17.2 Å². The van der Waals surface area contributed by atoms with Crippen molar-refractivity contribution in [2.24, 2.45) is 5.10 Å². The average Bonchev–Trinajstić information content (AvgIpc) is 2.65. The third kappa shape index (κ3) is 6.02. The summed E-state index contributed by atoms with van der Waals surface area (Å²) in [4.78, 5) is 12.0. The molecule has 0 atom stereocenters. The van der Waals surface area contributed by atoms with Crippen LogP contribution in [0.2, 0.25) is 0 Å². The Bertz CT molecular complexity index is 794. The van der Waals surface area contributed by atoms with E-state index < -0.39 is 0 Å². The summed E-state index contributed by atoms with van der Waals surface area (Å²) in [6.07, 6.45) is 1.52. The van der Waals surface area contributed by atoms with E-state index in [-0.39, 0.29) is 12.5 Å². The summed E-state index contributed by atoms with van der Waals surface area (Å²) in [5, 5.41) is 3.96. The number of aryl methyl sites for hydroxylation is 1. The van der Waals surface area contributed by atoms with Crippen LogP contribution in [0.1, 0.15) is 36.5 Å². The highest BCUT2D eigenvalue weighted by Crippen LogP contribution is 2.27. The highest BCUT2D eigenvalue weighted by Gasteiger charge is 2.10. The van der Waals surface area contributed by atoms with E-state index >= 15 is 0 Å². The van der Waals surface area contributed by atoms with Crippen molar-refractivity contribution in [3.63, 3.8) is 0 Å². The predicted molar refractivity (Wildman–Crippen MR) is 106 cm³/mol. The summed E-state index contributed by atoms with van der Waals surface area (Å²) in [6.45, 7) is 6.06. The molecule has 0 aliphatic heterocycles. The quantitative estimate of drug-likeness (QED) is 0.569. The van der Waals surface area contributed by atoms with Gasteiger partial charge < -0.3 is 14.2 Å². The molecule has 2 rings (SSSR count). The van der Waals surface area contributed by atoms with Gasteiger partial charge in [0.2, 0.25) is 0 Å². The molecule has 6 nitrogen and oxygen atoms in total. The van der Waals surface area contributed by atoms with Gasteiger partial charge in [0.05, 0.1) is 20.4 Å². The lowest BCUT2D eigenvalue weighted by molar-refractivity contribution is -0.123. The van der Waals surface area contributed by atoms with Crippen LogP contribution in [0.4, 0.5) is 0 Å². The van der Waals surface area contributed by atoms with Crippen LogP contribution in [0.15, 0.2) is 41.5 Å². The summed E-state index contributed by atoms with van der Waals surface area (Å²) >= 11 is 0. The van der Waals surface area contributed by atoms with E-state index in [0.717, 1.165) is 22.4 Å². The molecule has 0 bridgehead atoms. The van der Waals surface area contributed by atoms with Crippen molar-refractivity contribution in [1.29, 1.82) is 0 Å². The normalized spacial score (nSPS) is 10.9. The highest BCUT2D eigenvalue weighted by atomic mass is 16.5. The first-order valence-corrected chi connectivity index (χ1v) is 8.71. The molecule has 2 aromatic rings. The van der Waals surface area contributed by atoms with Gasteiger partial charge in [0.15, 0.2) is 6.61 Å². The number of rotatable bonds is 8. The molecule has 2 aromatic carbocycles. The maximum absolute atomic E-state index is 12.0. The molecule has 1 amide bonds. The molecule has 0 spiro atoms. The molecule has 1 N–H and O–H groups in total. The summed E-state index contributed by atoms with van der Waals surface area (Å²) in [7, 11) is 3.15. The van der Waals surface area contributed by atoms with Crippen LogP contribution in [-0.4, -0.2) is 32.9 Å². The van der Waals surface area contributed by atoms with Crippen molar-refractivity contribution < 1.29 is 19.0 Å². The Morgan fingerprint density at radius 2 is 1.78 bits per heavy atom. The number of amides is 1. The van der Waals surface area contributed by atoms with E-state index in [2.05, 4.69) is 24.4 Å². The molecule has 0 saturated carbocycles. The Morgan fingerprint density at radius 1 is 1.11 bits per heavy atom. The zero-order chi connectivity index (χ0) is 19.8. The molecular weight excluding hydrogens is 344 g/mol. The third-order valence-electron chi connectivity index (χ3n) is 3.93. The second-order valence-corrected chi connectivity index (χ2v) is 6.42. The number of benzene rings is 2. The van der Waals surface area contributed by atoms with Gasteiger partial charge in [0.25, 0.3) is 5.91 Å². The van der Waals surface area contributed by atoms with E-state index in [9.17, 15) is 4.79 Å². The molecule has 27 heavy (non-hydrogen) atoms. The van der Waals surface area contributed by atoms with Crippen LogP contribution in [0, 0.1) is 6.92 Å². The monoisotopic (exact) mass is 370 g/mol. The second kappa shape index (κ2) is 9.62. The lowest BCUT2D eigenvalue weighted by atomic mass is 10.0. The maximum atomic E-state index is 12.0. The molecule has 0 saturated heterocycles. The molecule has 0 unspecified atom stereocenters. The van der Waals surface area contributed by atoms with Crippen LogP contribution >= 0.6 is 0 Å². The topological polar surface area (TPSA) is 69.2 Å². The maximum Gasteiger partial charge on any atom is 0.277 e. The summed E-state index contributed by atoms with van der Waals surface area (Å²) in [6, 6.07) is 11.3. The lowest BCUT2D eigenvalue weighted by Crippen LogP contribution is -2.25. The number of nitrogens with zero attached hydrogens (tertiary/aromatic N) is 1. The van der Waals surface area contributed by atoms with Crippen molar-refractivity contribution >= 4 is 12.1 Å². The first-order chi connectivity index (χ1) is 12.9. The molecule has 0 radical (unpaired) electrons. The van der Waals surface area contributed by atoms with Gasteiger partial charge >= 0.3 is 0 Å². The van der Waals surface area contributed by atoms with Crippen LogP contribution in [-0.2, 0) is 4.79 Å². The molecule has 6 heteroatoms. The number of hydrogen-bond acceptors (Lipinski definition) is 5. The second-order valence-electron chi connectivity index (χ2n) is 6.42. The Kier molecular flexibility index (Phi) is 7.23. The fourth-order valence-corrected chi connectivity index (χ4v) is 2.50. The molecule has 0 aromatic heterocycles. The van der Waals surface area contributed by atoms with Crippen LogP contribution in [0.25, 0.3) is 0 Å². The van der Waals surface area contributed by atoms with Gasteiger partial charge in [0, 0.05) is 11.6 Å². The molecule has 0 aliphatic rings. The first-order valence-electron chi connectivity index (χ1n) is 8.71. The predicted octanol–water partition coefficient (Wildman–Crippen LogP) is 3.66. The fraction of sp³-hybridized carbons (Fsp3) is 0.333. The van der Waals surface area contributed by atoms with E-state index in [1.54, 1.807) is 32.4 Å². The van der Waals surface area contributed by atoms with Gasteiger partial charge in [-0.3, -0.25) is 4.79 Å². The Morgan fingerprint density at radius 3 is 2.37 bits per heavy atom. The number of nitrogens with one attached hydrogen (secondary N) is 1. The molecule has 0 fully saturated rings. The van der Waals surface area contributed by atoms with Crippen LogP contribution in [0.5, 0.6) is 17.2 Å². The number of hydrazone groups is 1. The average molecular weight is 370 g/mol. The Hall–Kier alpha value is -3.02. The first kappa shape index (κ1) is 20.3. The van der Waals surface area contributed by atoms with E-state index in [1.807, 2.05) is 25.1 Å². The van der Waals surface area contributed by atoms with E-state index in [1.165, 1.54) is 6.21 Å². The minimum Gasteiger partial charge on any atom is -0.497 e. The number of hydrogen-bond donors (Lipinski definition) is 1. The standard InChI is InChI=1S/C21H26N2O4/c1-14(2)19-7-6-15(3)8-20(19)27-13-21(24)23-22-12-16-9-17(25-4)11-18(10-16)26-5/h6-12,14H,13H2,1-5H3,(H,23,24)/b22-12-. The third-order valence-corrected chi connectivity index (χ3v) is 3.93. The number of carbonyl (C=O) groups is 1. The van der Waals surface area contributed by atoms with Crippen molar-refractivity contribution in [3.05, 3.63) is 53.1 Å². The number of ether oxygens (including phenoxy) is 3. The largest absolute Gasteiger partial charge is 0.497 e. The van der Waals surface area contributed by atoms with E-state index in [0.29, 0.717) is 17.4 Å². The van der Waals surface area contributed by atoms with Gasteiger partial charge in [-0.05, 0) is 42.2 Å². The van der Waals surface area contributed by atoms with E-state index in [4.69, 9.17) is 14.2 Å². The minimum atomic E-state index is -0.336. The number of methoxy groups -OCH3 is 2. The lowest BCUT2D eigenvalue weighted by Gasteiger charge is -2.14. The zero-order valence-corrected chi connectivity index (χ0v) is 16.4. The zero-order valence-electron chi connectivity index (χ0n) is 16.4. The fourth-order valence-electron chi connectivity index (χ4n) is 2.50. The van der Waals surface area contributed by atoms with Crippen LogP contribution in [0.3, 0.4) is 0 Å². The summed E-state index contributed by atoms with van der Waals surface area (Å²) in [5.41, 5.74) is 5.36.